The van der Waals surface area contributed by atoms with Crippen LogP contribution in [0.5, 0.6) is 0 Å². The van der Waals surface area contributed by atoms with E-state index in [1.54, 1.807) is 6.08 Å². The Morgan fingerprint density at radius 2 is 1.04 bits per heavy atom. The molecular formula is C44H30N3+. The van der Waals surface area contributed by atoms with Gasteiger partial charge in [0.1, 0.15) is 11.9 Å². The normalized spacial score (nSPS) is 13.3. The molecule has 2 aliphatic rings. The summed E-state index contributed by atoms with van der Waals surface area (Å²) in [5.41, 5.74) is 14.6. The molecule has 7 aromatic carbocycles. The molecule has 0 saturated heterocycles. The Hall–Kier alpha value is -6.16. The van der Waals surface area contributed by atoms with Gasteiger partial charge in [-0.1, -0.05) is 133 Å². The monoisotopic (exact) mass is 600 g/mol. The third-order valence-electron chi connectivity index (χ3n) is 9.41. The van der Waals surface area contributed by atoms with Crippen molar-refractivity contribution in [2.45, 2.75) is 0 Å². The molecule has 3 nitrogen and oxygen atoms in total. The Morgan fingerprint density at radius 3 is 1.72 bits per heavy atom. The highest BCUT2D eigenvalue weighted by Crippen LogP contribution is 2.58. The number of nitrogens with two attached hydrogens (primary N) is 1. The first-order valence-electron chi connectivity index (χ1n) is 16.0. The van der Waals surface area contributed by atoms with Gasteiger partial charge in [0, 0.05) is 17.9 Å². The summed E-state index contributed by atoms with van der Waals surface area (Å²) in [5.74, 6) is 0.854. The summed E-state index contributed by atoms with van der Waals surface area (Å²) < 4.78 is 0. The van der Waals surface area contributed by atoms with Gasteiger partial charge in [0.05, 0.1) is 0 Å². The average Bonchev–Trinajstić information content (AvgIpc) is 3.75. The van der Waals surface area contributed by atoms with Crippen LogP contribution in [0, 0.1) is 5.41 Å². The number of aliphatic imine (C=N–C) groups is 1. The molecule has 9 rings (SSSR count). The molecule has 7 aromatic rings. The lowest BCUT2D eigenvalue weighted by atomic mass is 9.82. The van der Waals surface area contributed by atoms with Crippen LogP contribution in [0.1, 0.15) is 5.56 Å². The van der Waals surface area contributed by atoms with Crippen LogP contribution in [-0.2, 0) is 0 Å². The smallest absolute Gasteiger partial charge is 0.229 e. The second kappa shape index (κ2) is 11.0. The first kappa shape index (κ1) is 27.2. The Balaban J connectivity index is 1.31. The van der Waals surface area contributed by atoms with Gasteiger partial charge in [-0.25, -0.2) is 0 Å². The number of allylic oxidation sites excluding steroid dienone is 1. The van der Waals surface area contributed by atoms with Gasteiger partial charge in [0.25, 0.3) is 0 Å². The van der Waals surface area contributed by atoms with E-state index in [0.717, 1.165) is 17.1 Å². The van der Waals surface area contributed by atoms with Crippen LogP contribution in [0.25, 0.3) is 82.9 Å². The first-order valence-corrected chi connectivity index (χ1v) is 16.0. The first-order chi connectivity index (χ1) is 23.3. The van der Waals surface area contributed by atoms with Gasteiger partial charge in [0.2, 0.25) is 5.84 Å². The molecule has 0 amide bonds. The van der Waals surface area contributed by atoms with E-state index < -0.39 is 0 Å². The summed E-state index contributed by atoms with van der Waals surface area (Å²) in [6.45, 7) is 0. The third kappa shape index (κ3) is 4.33. The van der Waals surface area contributed by atoms with E-state index in [2.05, 4.69) is 140 Å². The molecule has 0 saturated carbocycles. The van der Waals surface area contributed by atoms with E-state index in [1.165, 1.54) is 83.4 Å². The van der Waals surface area contributed by atoms with Crippen molar-refractivity contribution >= 4 is 39.3 Å². The van der Waals surface area contributed by atoms with Crippen molar-refractivity contribution in [2.24, 2.45) is 4.99 Å². The van der Waals surface area contributed by atoms with Gasteiger partial charge >= 0.3 is 0 Å². The van der Waals surface area contributed by atoms with Gasteiger partial charge < -0.3 is 5.41 Å². The predicted octanol–water partition coefficient (Wildman–Crippen LogP) is 10.1. The van der Waals surface area contributed by atoms with Gasteiger partial charge in [-0.2, -0.15) is 4.99 Å². The zero-order valence-corrected chi connectivity index (χ0v) is 25.6. The minimum Gasteiger partial charge on any atom is -0.309 e. The summed E-state index contributed by atoms with van der Waals surface area (Å²) >= 11 is 0. The number of quaternary nitrogens is 1. The van der Waals surface area contributed by atoms with Gasteiger partial charge in [-0.3, -0.25) is 5.32 Å². The van der Waals surface area contributed by atoms with Crippen molar-refractivity contribution < 1.29 is 5.32 Å². The van der Waals surface area contributed by atoms with E-state index >= 15 is 0 Å². The summed E-state index contributed by atoms with van der Waals surface area (Å²) in [6.07, 6.45) is 6.88. The van der Waals surface area contributed by atoms with Gasteiger partial charge in [-0.15, -0.1) is 0 Å². The lowest BCUT2D eigenvalue weighted by Gasteiger charge is -2.20. The third-order valence-corrected chi connectivity index (χ3v) is 9.41. The van der Waals surface area contributed by atoms with Gasteiger partial charge in [-0.05, 0) is 89.3 Å². The lowest BCUT2D eigenvalue weighted by Crippen LogP contribution is -2.80. The molecule has 47 heavy (non-hydrogen) atoms. The molecule has 0 spiro atoms. The summed E-state index contributed by atoms with van der Waals surface area (Å²) in [4.78, 5) is 4.79. The average molecular weight is 601 g/mol. The number of rotatable bonds is 6. The fourth-order valence-corrected chi connectivity index (χ4v) is 7.49. The fraction of sp³-hybridized carbons (Fsp3) is 0. The van der Waals surface area contributed by atoms with Crippen LogP contribution in [0.2, 0.25) is 0 Å². The van der Waals surface area contributed by atoms with E-state index in [0.29, 0.717) is 0 Å². The Bertz CT molecular complexity index is 2390. The van der Waals surface area contributed by atoms with Crippen LogP contribution in [0.15, 0.2) is 163 Å². The molecule has 1 heterocycles. The molecule has 1 aliphatic heterocycles. The van der Waals surface area contributed by atoms with Crippen molar-refractivity contribution in [2.75, 3.05) is 0 Å². The fourth-order valence-electron chi connectivity index (χ4n) is 7.49. The molecule has 3 N–H and O–H groups in total. The Labute approximate surface area is 273 Å². The maximum absolute atomic E-state index is 7.30. The number of fused-ring (bicyclic) bond motifs is 4. The summed E-state index contributed by atoms with van der Waals surface area (Å²) in [7, 11) is 0. The minimum atomic E-state index is 0.854. The number of amidine groups is 1. The largest absolute Gasteiger partial charge is 0.309 e. The molecule has 0 unspecified atom stereocenters. The van der Waals surface area contributed by atoms with Crippen molar-refractivity contribution in [1.29, 1.82) is 5.41 Å². The second-order valence-electron chi connectivity index (χ2n) is 12.0. The maximum atomic E-state index is 7.30. The standard InChI is InChI=1S/C44H29N3/c45-25-11-22-39-46-27-38(47-39)31-17-9-16-30(26-31)32-23-24-37-42-33(32)20-10-21-36(42)43-40(28-12-3-1-4-13-28)34-18-7-8-19-35(34)41(44(37)43)29-14-5-2-6-15-29/h1-27,45H,(H,46,47)/p+1. The van der Waals surface area contributed by atoms with E-state index in [1.807, 2.05) is 17.6 Å². The summed E-state index contributed by atoms with van der Waals surface area (Å²) in [6, 6.07) is 50.8. The number of hydrogen-bond donors (Lipinski definition) is 2. The van der Waals surface area contributed by atoms with Gasteiger partial charge in [0.15, 0.2) is 0 Å². The van der Waals surface area contributed by atoms with Crippen LogP contribution in [0.3, 0.4) is 0 Å². The molecule has 220 valence electrons. The van der Waals surface area contributed by atoms with Crippen molar-refractivity contribution in [3.63, 3.8) is 0 Å². The minimum absolute atomic E-state index is 0.854. The van der Waals surface area contributed by atoms with E-state index in [-0.39, 0.29) is 0 Å². The van der Waals surface area contributed by atoms with E-state index in [4.69, 9.17) is 10.4 Å². The van der Waals surface area contributed by atoms with E-state index in [9.17, 15) is 0 Å². The molecule has 0 bridgehead atoms. The Kier molecular flexibility index (Phi) is 6.37. The molecule has 0 radical (unpaired) electrons. The topological polar surface area (TPSA) is 52.8 Å². The molecule has 0 aromatic heterocycles. The SMILES string of the molecule is N=CC=CC1=NC(c2cccc(-c3ccc4c5c(cccc35)-c3c-4c(-c4ccccc4)c4ccccc4c3-c3ccccc3)c2)=C[NH2+]1. The van der Waals surface area contributed by atoms with Crippen LogP contribution in [-0.4, -0.2) is 12.1 Å². The van der Waals surface area contributed by atoms with Crippen LogP contribution in [0.4, 0.5) is 0 Å². The Morgan fingerprint density at radius 1 is 0.489 bits per heavy atom. The molecule has 0 atom stereocenters. The number of benzene rings is 7. The predicted molar refractivity (Wildman–Crippen MR) is 197 cm³/mol. The lowest BCUT2D eigenvalue weighted by molar-refractivity contribution is -0.455. The quantitative estimate of drug-likeness (QED) is 0.179. The zero-order valence-electron chi connectivity index (χ0n) is 25.6. The summed E-state index contributed by atoms with van der Waals surface area (Å²) in [5, 5.41) is 14.4. The molecule has 0 fully saturated rings. The highest BCUT2D eigenvalue weighted by atomic mass is 15.0. The maximum Gasteiger partial charge on any atom is 0.229 e. The number of nitrogens with one attached hydrogen (secondary N) is 1. The number of hydrogen-bond acceptors (Lipinski definition) is 2. The second-order valence-corrected chi connectivity index (χ2v) is 12.0. The molecule has 3 heteroatoms. The highest BCUT2D eigenvalue weighted by molar-refractivity contribution is 6.28. The van der Waals surface area contributed by atoms with Crippen molar-refractivity contribution in [3.05, 3.63) is 163 Å². The van der Waals surface area contributed by atoms with Crippen LogP contribution >= 0.6 is 0 Å². The highest BCUT2D eigenvalue weighted by Gasteiger charge is 2.31. The van der Waals surface area contributed by atoms with Crippen molar-refractivity contribution in [3.8, 4) is 55.6 Å². The zero-order chi connectivity index (χ0) is 31.3. The number of nitrogens with zero attached hydrogens (tertiary/aromatic N) is 1. The van der Waals surface area contributed by atoms with Crippen molar-refractivity contribution in [1.82, 2.24) is 0 Å². The van der Waals surface area contributed by atoms with Crippen LogP contribution < -0.4 is 5.32 Å². The molecule has 1 aliphatic carbocycles. The molecular weight excluding hydrogens is 571 g/mol.